The second-order valence-electron chi connectivity index (χ2n) is 4.25. The molecule has 0 atom stereocenters. The molecule has 2 aromatic rings. The number of thioether (sulfide) groups is 1. The van der Waals surface area contributed by atoms with Crippen LogP contribution in [0.1, 0.15) is 11.5 Å². The second kappa shape index (κ2) is 7.44. The summed E-state index contributed by atoms with van der Waals surface area (Å²) in [5.74, 6) is 0.492. The van der Waals surface area contributed by atoms with Crippen LogP contribution in [-0.4, -0.2) is 28.4 Å². The van der Waals surface area contributed by atoms with E-state index < -0.39 is 0 Å². The third-order valence-electron chi connectivity index (χ3n) is 2.68. The van der Waals surface area contributed by atoms with Crippen molar-refractivity contribution in [2.45, 2.75) is 18.6 Å². The Labute approximate surface area is 131 Å². The van der Waals surface area contributed by atoms with E-state index >= 15 is 0 Å². The number of nitrogens with zero attached hydrogens (tertiary/aromatic N) is 2. The number of hydrogen-bond donors (Lipinski definition) is 2. The normalized spacial score (nSPS) is 10.6. The van der Waals surface area contributed by atoms with Gasteiger partial charge in [-0.15, -0.1) is 10.2 Å². The molecule has 0 aliphatic rings. The lowest BCUT2D eigenvalue weighted by atomic mass is 10.2. The van der Waals surface area contributed by atoms with Gasteiger partial charge in [0, 0.05) is 23.7 Å². The maximum Gasteiger partial charge on any atom is 0.277 e. The molecule has 0 fully saturated rings. The molecule has 0 saturated carbocycles. The van der Waals surface area contributed by atoms with Crippen LogP contribution < -0.4 is 11.1 Å². The summed E-state index contributed by atoms with van der Waals surface area (Å²) in [4.78, 5) is 11.9. The van der Waals surface area contributed by atoms with E-state index in [-0.39, 0.29) is 11.7 Å². The third-order valence-corrected chi connectivity index (χ3v) is 3.90. The zero-order valence-electron chi connectivity index (χ0n) is 11.4. The predicted octanol–water partition coefficient (Wildman–Crippen LogP) is 2.26. The van der Waals surface area contributed by atoms with Crippen LogP contribution in [0.25, 0.3) is 0 Å². The molecular formula is C13H15ClN4O2S. The number of benzene rings is 1. The van der Waals surface area contributed by atoms with Gasteiger partial charge in [-0.3, -0.25) is 4.79 Å². The quantitative estimate of drug-likeness (QED) is 0.791. The fourth-order valence-corrected chi connectivity index (χ4v) is 2.33. The van der Waals surface area contributed by atoms with E-state index in [1.165, 1.54) is 11.8 Å². The molecule has 1 aromatic heterocycles. The van der Waals surface area contributed by atoms with Crippen molar-refractivity contribution in [3.63, 3.8) is 0 Å². The fraction of sp³-hybridized carbons (Fsp3) is 0.308. The maximum atomic E-state index is 11.9. The van der Waals surface area contributed by atoms with Crippen molar-refractivity contribution in [1.29, 1.82) is 0 Å². The zero-order valence-corrected chi connectivity index (χ0v) is 13.0. The molecule has 1 aromatic carbocycles. The molecule has 6 nitrogen and oxygen atoms in total. The van der Waals surface area contributed by atoms with Gasteiger partial charge < -0.3 is 15.5 Å². The van der Waals surface area contributed by atoms with E-state index in [1.807, 2.05) is 6.92 Å². The molecule has 0 spiro atoms. The Kier molecular flexibility index (Phi) is 5.60. The van der Waals surface area contributed by atoms with Gasteiger partial charge in [-0.1, -0.05) is 29.4 Å². The summed E-state index contributed by atoms with van der Waals surface area (Å²) in [5.41, 5.74) is 6.93. The summed E-state index contributed by atoms with van der Waals surface area (Å²) in [5, 5.41) is 11.4. The Balaban J connectivity index is 1.88. The first-order valence-corrected chi connectivity index (χ1v) is 7.66. The highest BCUT2D eigenvalue weighted by Crippen LogP contribution is 2.23. The average Bonchev–Trinajstić information content (AvgIpc) is 2.90. The molecule has 1 amide bonds. The lowest BCUT2D eigenvalue weighted by molar-refractivity contribution is -0.113. The van der Waals surface area contributed by atoms with Gasteiger partial charge >= 0.3 is 0 Å². The summed E-state index contributed by atoms with van der Waals surface area (Å²) in [6.45, 7) is 2.29. The van der Waals surface area contributed by atoms with Crippen molar-refractivity contribution in [2.24, 2.45) is 5.73 Å². The van der Waals surface area contributed by atoms with E-state index in [0.717, 1.165) is 5.56 Å². The monoisotopic (exact) mass is 326 g/mol. The molecule has 0 unspecified atom stereocenters. The van der Waals surface area contributed by atoms with E-state index in [4.69, 9.17) is 21.8 Å². The van der Waals surface area contributed by atoms with Gasteiger partial charge in [0.2, 0.25) is 11.8 Å². The molecule has 1 heterocycles. The first-order chi connectivity index (χ1) is 10.1. The maximum absolute atomic E-state index is 11.9. The van der Waals surface area contributed by atoms with Crippen molar-refractivity contribution >= 4 is 35.0 Å². The topological polar surface area (TPSA) is 94.0 Å². The Bertz CT molecular complexity index is 632. The molecule has 0 saturated heterocycles. The second-order valence-corrected chi connectivity index (χ2v) is 5.58. The summed E-state index contributed by atoms with van der Waals surface area (Å²) in [7, 11) is 0. The molecule has 2 rings (SSSR count). The van der Waals surface area contributed by atoms with Crippen molar-refractivity contribution < 1.29 is 9.21 Å². The molecular weight excluding hydrogens is 312 g/mol. The standard InChI is InChI=1S/C13H15ClN4O2S/c1-8-9(14)3-2-4-10(8)16-11(19)7-21-13-18-17-12(20-13)5-6-15/h2-4H,5-7,15H2,1H3,(H,16,19). The molecule has 8 heteroatoms. The van der Waals surface area contributed by atoms with E-state index in [9.17, 15) is 4.79 Å². The van der Waals surface area contributed by atoms with Crippen LogP contribution in [0.2, 0.25) is 5.02 Å². The van der Waals surface area contributed by atoms with Crippen molar-refractivity contribution in [2.75, 3.05) is 17.6 Å². The fourth-order valence-electron chi connectivity index (χ4n) is 1.58. The Morgan fingerprint density at radius 3 is 3.05 bits per heavy atom. The van der Waals surface area contributed by atoms with Crippen LogP contribution in [-0.2, 0) is 11.2 Å². The zero-order chi connectivity index (χ0) is 15.2. The van der Waals surface area contributed by atoms with Gasteiger partial charge in [-0.25, -0.2) is 0 Å². The Hall–Kier alpha value is -1.57. The minimum atomic E-state index is -0.163. The van der Waals surface area contributed by atoms with E-state index in [2.05, 4.69) is 15.5 Å². The molecule has 0 aliphatic heterocycles. The van der Waals surface area contributed by atoms with Gasteiger partial charge in [-0.2, -0.15) is 0 Å². The Morgan fingerprint density at radius 1 is 1.48 bits per heavy atom. The summed E-state index contributed by atoms with van der Waals surface area (Å²) in [6, 6.07) is 5.36. The van der Waals surface area contributed by atoms with Gasteiger partial charge in [0.15, 0.2) is 0 Å². The number of carbonyl (C=O) groups is 1. The van der Waals surface area contributed by atoms with Crippen molar-refractivity contribution in [1.82, 2.24) is 10.2 Å². The Morgan fingerprint density at radius 2 is 2.29 bits per heavy atom. The van der Waals surface area contributed by atoms with Crippen LogP contribution in [0.3, 0.4) is 0 Å². The first-order valence-electron chi connectivity index (χ1n) is 6.30. The number of hydrogen-bond acceptors (Lipinski definition) is 6. The van der Waals surface area contributed by atoms with Crippen molar-refractivity contribution in [3.05, 3.63) is 34.7 Å². The summed E-state index contributed by atoms with van der Waals surface area (Å²) >= 11 is 7.18. The number of anilines is 1. The largest absolute Gasteiger partial charge is 0.416 e. The molecule has 112 valence electrons. The van der Waals surface area contributed by atoms with Crippen LogP contribution >= 0.6 is 23.4 Å². The SMILES string of the molecule is Cc1c(Cl)cccc1NC(=O)CSc1nnc(CCN)o1. The van der Waals surface area contributed by atoms with E-state index in [1.54, 1.807) is 18.2 Å². The van der Waals surface area contributed by atoms with Crippen LogP contribution in [0.5, 0.6) is 0 Å². The molecule has 21 heavy (non-hydrogen) atoms. The van der Waals surface area contributed by atoms with Crippen LogP contribution in [0, 0.1) is 6.92 Å². The molecule has 0 radical (unpaired) electrons. The molecule has 0 bridgehead atoms. The first kappa shape index (κ1) is 15.8. The number of amides is 1. The smallest absolute Gasteiger partial charge is 0.277 e. The van der Waals surface area contributed by atoms with Gasteiger partial charge in [0.1, 0.15) is 0 Å². The number of rotatable bonds is 6. The van der Waals surface area contributed by atoms with Crippen LogP contribution in [0.15, 0.2) is 27.8 Å². The highest BCUT2D eigenvalue weighted by atomic mass is 35.5. The highest BCUT2D eigenvalue weighted by Gasteiger charge is 2.11. The van der Waals surface area contributed by atoms with Gasteiger partial charge in [0.05, 0.1) is 5.75 Å². The predicted molar refractivity (Wildman–Crippen MR) is 82.6 cm³/mol. The van der Waals surface area contributed by atoms with Gasteiger partial charge in [0.25, 0.3) is 5.22 Å². The summed E-state index contributed by atoms with van der Waals surface area (Å²) in [6.07, 6.45) is 0.529. The highest BCUT2D eigenvalue weighted by molar-refractivity contribution is 7.99. The number of nitrogens with two attached hydrogens (primary N) is 1. The molecule has 0 aliphatic carbocycles. The number of aromatic nitrogens is 2. The van der Waals surface area contributed by atoms with Crippen LogP contribution in [0.4, 0.5) is 5.69 Å². The minimum Gasteiger partial charge on any atom is -0.416 e. The van der Waals surface area contributed by atoms with E-state index in [0.29, 0.717) is 34.8 Å². The third kappa shape index (κ3) is 4.45. The number of carbonyl (C=O) groups excluding carboxylic acids is 1. The lowest BCUT2D eigenvalue weighted by Crippen LogP contribution is -2.14. The van der Waals surface area contributed by atoms with Crippen molar-refractivity contribution in [3.8, 4) is 0 Å². The average molecular weight is 327 g/mol. The number of nitrogens with one attached hydrogen (secondary N) is 1. The lowest BCUT2D eigenvalue weighted by Gasteiger charge is -2.08. The molecule has 3 N–H and O–H groups in total. The minimum absolute atomic E-state index is 0.163. The number of halogens is 1. The summed E-state index contributed by atoms with van der Waals surface area (Å²) < 4.78 is 5.33. The van der Waals surface area contributed by atoms with Gasteiger partial charge in [-0.05, 0) is 24.6 Å².